The number of carbonyl (C=O) groups excluding carboxylic acids is 3. The van der Waals surface area contributed by atoms with Gasteiger partial charge in [0.15, 0.2) is 0 Å². The van der Waals surface area contributed by atoms with Gasteiger partial charge in [0.2, 0.25) is 5.91 Å². The minimum absolute atomic E-state index is 0.223. The molecule has 1 saturated heterocycles. The van der Waals surface area contributed by atoms with Crippen LogP contribution in [0.3, 0.4) is 0 Å². The van der Waals surface area contributed by atoms with Crippen LogP contribution in [0.2, 0.25) is 0 Å². The van der Waals surface area contributed by atoms with Crippen LogP contribution in [-0.4, -0.2) is 44.5 Å². The monoisotopic (exact) mass is 455 g/mol. The molecule has 7 heteroatoms. The Hall–Kier alpha value is -3.76. The van der Waals surface area contributed by atoms with Crippen molar-refractivity contribution in [1.82, 2.24) is 14.4 Å². The molecule has 6 nitrogen and oxygen atoms in total. The van der Waals surface area contributed by atoms with E-state index in [2.05, 4.69) is 12.0 Å². The maximum atomic E-state index is 13.0. The van der Waals surface area contributed by atoms with Gasteiger partial charge in [0.05, 0.1) is 11.4 Å². The summed E-state index contributed by atoms with van der Waals surface area (Å²) in [5, 5.41) is 0.520. The fourth-order valence-corrected chi connectivity index (χ4v) is 5.17. The van der Waals surface area contributed by atoms with Crippen molar-refractivity contribution in [2.45, 2.75) is 19.5 Å². The molecule has 1 fully saturated rings. The Kier molecular flexibility index (Phi) is 5.53. The average Bonchev–Trinajstić information content (AvgIpc) is 3.31. The summed E-state index contributed by atoms with van der Waals surface area (Å²) in [6, 6.07) is 15.8. The number of terminal acetylenes is 1. The summed E-state index contributed by atoms with van der Waals surface area (Å²) in [6.07, 6.45) is 9.85. The molecule has 2 aliphatic rings. The average molecular weight is 456 g/mol. The van der Waals surface area contributed by atoms with Crippen LogP contribution in [0.5, 0.6) is 0 Å². The molecular weight excluding hydrogens is 434 g/mol. The molecule has 3 heterocycles. The molecule has 0 bridgehead atoms. The van der Waals surface area contributed by atoms with E-state index in [4.69, 9.17) is 6.42 Å². The standard InChI is InChI=1S/C26H21N3O3S/c1-2-12-27-16-20(21-9-5-6-10-22(21)27)14-23-25(31)29(26(32)33-23)17-24(30)28-13-11-18-7-3-4-8-19(18)15-28/h1,3-10,14,16H,11-13,15,17H2/b23-14-. The third-order valence-corrected chi connectivity index (χ3v) is 6.93. The van der Waals surface area contributed by atoms with Crippen LogP contribution in [0.1, 0.15) is 16.7 Å². The summed E-state index contributed by atoms with van der Waals surface area (Å²) in [5.41, 5.74) is 4.11. The fraction of sp³-hybridized carbons (Fsp3) is 0.192. The molecule has 33 heavy (non-hydrogen) atoms. The van der Waals surface area contributed by atoms with E-state index < -0.39 is 11.1 Å². The zero-order chi connectivity index (χ0) is 22.9. The quantitative estimate of drug-likeness (QED) is 0.442. The molecule has 5 rings (SSSR count). The highest BCUT2D eigenvalue weighted by Gasteiger charge is 2.37. The second-order valence-corrected chi connectivity index (χ2v) is 9.03. The van der Waals surface area contributed by atoms with Gasteiger partial charge in [-0.15, -0.1) is 6.42 Å². The molecule has 0 saturated carbocycles. The van der Waals surface area contributed by atoms with Crippen molar-refractivity contribution < 1.29 is 14.4 Å². The molecule has 0 spiro atoms. The van der Waals surface area contributed by atoms with Crippen molar-refractivity contribution in [2.75, 3.05) is 13.1 Å². The first-order valence-corrected chi connectivity index (χ1v) is 11.5. The summed E-state index contributed by atoms with van der Waals surface area (Å²) in [5.74, 6) is 1.97. The number of hydrogen-bond donors (Lipinski definition) is 0. The molecule has 2 aliphatic heterocycles. The first-order chi connectivity index (χ1) is 16.0. The Labute approximate surface area is 195 Å². The molecule has 0 N–H and O–H groups in total. The fourth-order valence-electron chi connectivity index (χ4n) is 4.34. The Morgan fingerprint density at radius 3 is 2.67 bits per heavy atom. The van der Waals surface area contributed by atoms with E-state index in [0.717, 1.165) is 45.1 Å². The number of hydrogen-bond acceptors (Lipinski definition) is 4. The van der Waals surface area contributed by atoms with Gasteiger partial charge < -0.3 is 9.47 Å². The third kappa shape index (κ3) is 3.94. The number of amides is 3. The number of thioether (sulfide) groups is 1. The summed E-state index contributed by atoms with van der Waals surface area (Å²) in [7, 11) is 0. The Bertz CT molecular complexity index is 1360. The first-order valence-electron chi connectivity index (χ1n) is 10.7. The lowest BCUT2D eigenvalue weighted by Crippen LogP contribution is -2.44. The predicted molar refractivity (Wildman–Crippen MR) is 129 cm³/mol. The molecule has 0 atom stereocenters. The van der Waals surface area contributed by atoms with Crippen LogP contribution >= 0.6 is 11.8 Å². The number of benzene rings is 2. The summed E-state index contributed by atoms with van der Waals surface area (Å²) in [4.78, 5) is 41.6. The van der Waals surface area contributed by atoms with Gasteiger partial charge in [-0.1, -0.05) is 48.4 Å². The largest absolute Gasteiger partial charge is 0.336 e. The minimum atomic E-state index is -0.440. The van der Waals surface area contributed by atoms with E-state index in [-0.39, 0.29) is 12.5 Å². The van der Waals surface area contributed by atoms with Crippen molar-refractivity contribution in [3.8, 4) is 12.3 Å². The highest BCUT2D eigenvalue weighted by molar-refractivity contribution is 8.18. The van der Waals surface area contributed by atoms with Crippen LogP contribution < -0.4 is 0 Å². The lowest BCUT2D eigenvalue weighted by atomic mass is 10.00. The number of aromatic nitrogens is 1. The van der Waals surface area contributed by atoms with Gasteiger partial charge >= 0.3 is 0 Å². The van der Waals surface area contributed by atoms with E-state index in [1.165, 1.54) is 5.56 Å². The van der Waals surface area contributed by atoms with E-state index >= 15 is 0 Å². The molecule has 0 radical (unpaired) electrons. The summed E-state index contributed by atoms with van der Waals surface area (Å²) < 4.78 is 1.93. The highest BCUT2D eigenvalue weighted by Crippen LogP contribution is 2.34. The van der Waals surface area contributed by atoms with Crippen molar-refractivity contribution in [2.24, 2.45) is 0 Å². The second-order valence-electron chi connectivity index (χ2n) is 8.04. The van der Waals surface area contributed by atoms with Crippen LogP contribution in [0, 0.1) is 12.3 Å². The normalized spacial score (nSPS) is 17.0. The van der Waals surface area contributed by atoms with Crippen LogP contribution in [-0.2, 0) is 29.1 Å². The van der Waals surface area contributed by atoms with Gasteiger partial charge in [-0.2, -0.15) is 0 Å². The van der Waals surface area contributed by atoms with Crippen molar-refractivity contribution in [3.05, 3.63) is 76.3 Å². The smallest absolute Gasteiger partial charge is 0.294 e. The van der Waals surface area contributed by atoms with Gasteiger partial charge in [0, 0.05) is 35.8 Å². The number of para-hydroxylation sites is 1. The lowest BCUT2D eigenvalue weighted by Gasteiger charge is -2.29. The Balaban J connectivity index is 1.35. The summed E-state index contributed by atoms with van der Waals surface area (Å²) >= 11 is 0.863. The molecule has 0 unspecified atom stereocenters. The van der Waals surface area contributed by atoms with Gasteiger partial charge in [0.25, 0.3) is 11.1 Å². The third-order valence-electron chi connectivity index (χ3n) is 6.02. The second kappa shape index (κ2) is 8.64. The van der Waals surface area contributed by atoms with Gasteiger partial charge in [-0.05, 0) is 41.5 Å². The van der Waals surface area contributed by atoms with Crippen molar-refractivity contribution in [3.63, 3.8) is 0 Å². The van der Waals surface area contributed by atoms with E-state index in [1.807, 2.05) is 53.2 Å². The SMILES string of the molecule is C#CCn1cc(/C=C2\SC(=O)N(CC(=O)N3CCc4ccccc4C3)C2=O)c2ccccc21. The van der Waals surface area contributed by atoms with Crippen LogP contribution in [0.25, 0.3) is 17.0 Å². The number of carbonyl (C=O) groups is 3. The highest BCUT2D eigenvalue weighted by atomic mass is 32.2. The number of nitrogens with zero attached hydrogens (tertiary/aromatic N) is 3. The number of imide groups is 1. The number of fused-ring (bicyclic) bond motifs is 2. The predicted octanol–water partition coefficient (Wildman–Crippen LogP) is 3.90. The first kappa shape index (κ1) is 21.1. The molecule has 164 valence electrons. The van der Waals surface area contributed by atoms with Gasteiger partial charge in [-0.3, -0.25) is 19.3 Å². The van der Waals surface area contributed by atoms with E-state index in [0.29, 0.717) is 24.5 Å². The zero-order valence-electron chi connectivity index (χ0n) is 17.9. The zero-order valence-corrected chi connectivity index (χ0v) is 18.7. The maximum Gasteiger partial charge on any atom is 0.294 e. The molecular formula is C26H21N3O3S. The van der Waals surface area contributed by atoms with Gasteiger partial charge in [0.1, 0.15) is 6.54 Å². The lowest BCUT2D eigenvalue weighted by molar-refractivity contribution is -0.136. The Morgan fingerprint density at radius 2 is 1.85 bits per heavy atom. The molecule has 0 aliphatic carbocycles. The molecule has 1 aromatic heterocycles. The van der Waals surface area contributed by atoms with Crippen molar-refractivity contribution in [1.29, 1.82) is 0 Å². The molecule has 3 amide bonds. The molecule has 3 aromatic rings. The van der Waals surface area contributed by atoms with Crippen LogP contribution in [0.4, 0.5) is 4.79 Å². The van der Waals surface area contributed by atoms with Crippen LogP contribution in [0.15, 0.2) is 59.6 Å². The summed E-state index contributed by atoms with van der Waals surface area (Å²) in [6.45, 7) is 1.23. The topological polar surface area (TPSA) is 62.6 Å². The Morgan fingerprint density at radius 1 is 1.09 bits per heavy atom. The van der Waals surface area contributed by atoms with E-state index in [1.54, 1.807) is 11.0 Å². The van der Waals surface area contributed by atoms with E-state index in [9.17, 15) is 14.4 Å². The maximum absolute atomic E-state index is 13.0. The number of rotatable bonds is 4. The minimum Gasteiger partial charge on any atom is -0.336 e. The molecule has 2 aromatic carbocycles. The van der Waals surface area contributed by atoms with Crippen molar-refractivity contribution >= 4 is 45.8 Å². The van der Waals surface area contributed by atoms with Gasteiger partial charge in [-0.25, -0.2) is 0 Å².